The lowest BCUT2D eigenvalue weighted by molar-refractivity contribution is 0.163. The number of ether oxygens (including phenoxy) is 1. The first-order chi connectivity index (χ1) is 13.3. The van der Waals surface area contributed by atoms with E-state index in [0.29, 0.717) is 5.92 Å². The zero-order chi connectivity index (χ0) is 20.0. The molecule has 0 amide bonds. The van der Waals surface area contributed by atoms with Crippen LogP contribution in [0.25, 0.3) is 0 Å². The van der Waals surface area contributed by atoms with E-state index in [-0.39, 0.29) is 0 Å². The molecule has 0 heterocycles. The van der Waals surface area contributed by atoms with Gasteiger partial charge in [0.2, 0.25) is 0 Å². The first-order valence-corrected chi connectivity index (χ1v) is 12.2. The van der Waals surface area contributed by atoms with Crippen molar-refractivity contribution in [3.05, 3.63) is 24.0 Å². The fourth-order valence-electron chi connectivity index (χ4n) is 3.61. The summed E-state index contributed by atoms with van der Waals surface area (Å²) in [5, 5.41) is 0. The maximum absolute atomic E-state index is 6.33. The summed E-state index contributed by atoms with van der Waals surface area (Å²) < 4.78 is 6.33. The Balaban J connectivity index is 4.56. The quantitative estimate of drug-likeness (QED) is 0.116. The van der Waals surface area contributed by atoms with Gasteiger partial charge in [0.05, 0.1) is 12.4 Å². The van der Waals surface area contributed by atoms with Crippen molar-refractivity contribution in [2.45, 2.75) is 130 Å². The van der Waals surface area contributed by atoms with Crippen LogP contribution >= 0.6 is 0 Å². The van der Waals surface area contributed by atoms with Crippen LogP contribution in [-0.2, 0) is 4.74 Å². The van der Waals surface area contributed by atoms with Crippen LogP contribution in [0.4, 0.5) is 0 Å². The van der Waals surface area contributed by atoms with Crippen molar-refractivity contribution in [2.75, 3.05) is 6.61 Å². The minimum atomic E-state index is 0.654. The van der Waals surface area contributed by atoms with Crippen LogP contribution in [0.15, 0.2) is 24.0 Å². The van der Waals surface area contributed by atoms with Gasteiger partial charge in [0.1, 0.15) is 0 Å². The van der Waals surface area contributed by atoms with Crippen LogP contribution in [0, 0.1) is 5.92 Å². The molecule has 0 aliphatic rings. The minimum absolute atomic E-state index is 0.654. The molecule has 0 aliphatic carbocycles. The molecule has 0 N–H and O–H groups in total. The number of hydrogen-bond donors (Lipinski definition) is 0. The highest BCUT2D eigenvalue weighted by atomic mass is 16.5. The van der Waals surface area contributed by atoms with E-state index < -0.39 is 0 Å². The minimum Gasteiger partial charge on any atom is -0.498 e. The number of rotatable bonds is 20. The molecular weight excluding hydrogens is 328 g/mol. The Bertz CT molecular complexity index is 342. The summed E-state index contributed by atoms with van der Waals surface area (Å²) in [6.45, 7) is 9.84. The molecule has 0 aromatic heterocycles. The summed E-state index contributed by atoms with van der Waals surface area (Å²) in [6.07, 6.45) is 27.9. The largest absolute Gasteiger partial charge is 0.498 e. The van der Waals surface area contributed by atoms with E-state index in [9.17, 15) is 0 Å². The van der Waals surface area contributed by atoms with E-state index in [1.807, 2.05) is 0 Å². The van der Waals surface area contributed by atoms with Crippen molar-refractivity contribution >= 4 is 0 Å². The average Bonchev–Trinajstić information content (AvgIpc) is 2.68. The molecular formula is C26H50O. The molecule has 0 bridgehead atoms. The van der Waals surface area contributed by atoms with Gasteiger partial charge in [-0.25, -0.2) is 0 Å². The molecule has 160 valence electrons. The maximum Gasteiger partial charge on any atom is 0.0950 e. The maximum atomic E-state index is 6.33. The Morgan fingerprint density at radius 2 is 1.30 bits per heavy atom. The fourth-order valence-corrected chi connectivity index (χ4v) is 3.61. The van der Waals surface area contributed by atoms with Gasteiger partial charge in [-0.3, -0.25) is 0 Å². The third-order valence-electron chi connectivity index (χ3n) is 5.37. The fraction of sp³-hybridized carbons (Fsp3) is 0.846. The lowest BCUT2D eigenvalue weighted by atomic mass is 9.92. The standard InChI is InChI=1S/C26H50O/c1-5-9-13-16-17-19-22-25(21-18-14-10-6-2)26(23-12-8-4)27-24-20-15-11-7-3/h7,11,23,25H,5-6,8-10,12-22,24H2,1-4H3/b11-7+,26-23?. The third kappa shape index (κ3) is 17.1. The molecule has 1 nitrogen and oxygen atoms in total. The zero-order valence-corrected chi connectivity index (χ0v) is 19.2. The van der Waals surface area contributed by atoms with Crippen LogP contribution in [0.5, 0.6) is 0 Å². The van der Waals surface area contributed by atoms with Crippen molar-refractivity contribution in [1.82, 2.24) is 0 Å². The molecule has 0 aromatic rings. The highest BCUT2D eigenvalue weighted by molar-refractivity contribution is 4.99. The molecule has 0 saturated carbocycles. The number of hydrogen-bond acceptors (Lipinski definition) is 1. The molecule has 0 aromatic carbocycles. The van der Waals surface area contributed by atoms with Gasteiger partial charge in [-0.15, -0.1) is 0 Å². The Kier molecular flexibility index (Phi) is 21.0. The Morgan fingerprint density at radius 3 is 1.89 bits per heavy atom. The Morgan fingerprint density at radius 1 is 0.704 bits per heavy atom. The average molecular weight is 379 g/mol. The molecule has 0 rings (SSSR count). The highest BCUT2D eigenvalue weighted by Gasteiger charge is 2.15. The summed E-state index contributed by atoms with van der Waals surface area (Å²) in [4.78, 5) is 0. The van der Waals surface area contributed by atoms with Crippen molar-refractivity contribution in [1.29, 1.82) is 0 Å². The summed E-state index contributed by atoms with van der Waals surface area (Å²) in [5.74, 6) is 1.98. The smallest absolute Gasteiger partial charge is 0.0950 e. The molecule has 0 fully saturated rings. The second-order valence-electron chi connectivity index (χ2n) is 8.06. The molecule has 1 unspecified atom stereocenters. The van der Waals surface area contributed by atoms with Crippen molar-refractivity contribution in [3.63, 3.8) is 0 Å². The van der Waals surface area contributed by atoms with E-state index in [1.54, 1.807) is 0 Å². The number of allylic oxidation sites excluding steroid dienone is 4. The van der Waals surface area contributed by atoms with Gasteiger partial charge in [0.15, 0.2) is 0 Å². The Labute approximate surface area is 172 Å². The SMILES string of the molecule is C/C=C/CCCOC(=CCCC)C(CCCCCC)CCCCCCCC. The first kappa shape index (κ1) is 26.3. The normalized spacial score (nSPS) is 13.4. The third-order valence-corrected chi connectivity index (χ3v) is 5.37. The summed E-state index contributed by atoms with van der Waals surface area (Å²) in [6, 6.07) is 0. The zero-order valence-electron chi connectivity index (χ0n) is 19.2. The van der Waals surface area contributed by atoms with E-state index in [2.05, 4.69) is 45.9 Å². The highest BCUT2D eigenvalue weighted by Crippen LogP contribution is 2.27. The van der Waals surface area contributed by atoms with E-state index in [4.69, 9.17) is 4.74 Å². The molecule has 27 heavy (non-hydrogen) atoms. The van der Waals surface area contributed by atoms with Gasteiger partial charge >= 0.3 is 0 Å². The van der Waals surface area contributed by atoms with Gasteiger partial charge < -0.3 is 4.74 Å². The molecule has 0 radical (unpaired) electrons. The second kappa shape index (κ2) is 21.6. The summed E-state index contributed by atoms with van der Waals surface area (Å²) in [7, 11) is 0. The molecule has 0 spiro atoms. The Hall–Kier alpha value is -0.720. The van der Waals surface area contributed by atoms with Crippen LogP contribution in [0.2, 0.25) is 0 Å². The van der Waals surface area contributed by atoms with Crippen LogP contribution in [0.3, 0.4) is 0 Å². The van der Waals surface area contributed by atoms with E-state index in [0.717, 1.165) is 25.9 Å². The second-order valence-corrected chi connectivity index (χ2v) is 8.06. The first-order valence-electron chi connectivity index (χ1n) is 12.2. The van der Waals surface area contributed by atoms with Crippen molar-refractivity contribution < 1.29 is 4.74 Å². The molecule has 0 saturated heterocycles. The predicted octanol–water partition coefficient (Wildman–Crippen LogP) is 9.38. The van der Waals surface area contributed by atoms with Gasteiger partial charge in [-0.05, 0) is 45.1 Å². The van der Waals surface area contributed by atoms with Crippen LogP contribution < -0.4 is 0 Å². The monoisotopic (exact) mass is 378 g/mol. The topological polar surface area (TPSA) is 9.23 Å². The van der Waals surface area contributed by atoms with Crippen molar-refractivity contribution in [3.8, 4) is 0 Å². The number of unbranched alkanes of at least 4 members (excludes halogenated alkanes) is 10. The van der Waals surface area contributed by atoms with Crippen LogP contribution in [-0.4, -0.2) is 6.61 Å². The van der Waals surface area contributed by atoms with Gasteiger partial charge in [-0.2, -0.15) is 0 Å². The van der Waals surface area contributed by atoms with Gasteiger partial charge in [0.25, 0.3) is 0 Å². The predicted molar refractivity (Wildman–Crippen MR) is 123 cm³/mol. The summed E-state index contributed by atoms with van der Waals surface area (Å²) >= 11 is 0. The van der Waals surface area contributed by atoms with Gasteiger partial charge in [0, 0.05) is 5.92 Å². The summed E-state index contributed by atoms with van der Waals surface area (Å²) in [5.41, 5.74) is 0. The molecule has 1 heteroatoms. The van der Waals surface area contributed by atoms with E-state index >= 15 is 0 Å². The van der Waals surface area contributed by atoms with Crippen LogP contribution in [0.1, 0.15) is 130 Å². The molecule has 1 atom stereocenters. The lowest BCUT2D eigenvalue weighted by Gasteiger charge is -2.22. The molecule has 0 aliphatic heterocycles. The van der Waals surface area contributed by atoms with Gasteiger partial charge in [-0.1, -0.05) is 104 Å². The van der Waals surface area contributed by atoms with Crippen molar-refractivity contribution in [2.24, 2.45) is 5.92 Å². The lowest BCUT2D eigenvalue weighted by Crippen LogP contribution is -2.10. The van der Waals surface area contributed by atoms with E-state index in [1.165, 1.54) is 89.2 Å².